The first-order valence-corrected chi connectivity index (χ1v) is 12.0. The van der Waals surface area contributed by atoms with Gasteiger partial charge in [0.1, 0.15) is 11.8 Å². The van der Waals surface area contributed by atoms with Crippen LogP contribution in [0.25, 0.3) is 0 Å². The molecule has 0 saturated heterocycles. The Hall–Kier alpha value is -3.06. The lowest BCUT2D eigenvalue weighted by Crippen LogP contribution is -2.31. The van der Waals surface area contributed by atoms with Crippen LogP contribution in [0, 0.1) is 6.92 Å². The maximum Gasteiger partial charge on any atom is 0.227 e. The minimum Gasteiger partial charge on any atom is -0.494 e. The topological polar surface area (TPSA) is 69.0 Å². The smallest absolute Gasteiger partial charge is 0.227 e. The number of thioether (sulfide) groups is 1. The van der Waals surface area contributed by atoms with Gasteiger partial charge >= 0.3 is 0 Å². The van der Waals surface area contributed by atoms with Gasteiger partial charge in [-0.1, -0.05) is 54.2 Å². The van der Waals surface area contributed by atoms with Crippen LogP contribution in [-0.2, 0) is 10.5 Å². The molecule has 0 spiro atoms. The molecule has 1 aliphatic heterocycles. The lowest BCUT2D eigenvalue weighted by Gasteiger charge is -2.32. The molecule has 1 atom stereocenters. The fraction of sp³-hybridized carbons (Fsp3) is 0.320. The number of ether oxygens (including phenoxy) is 1. The maximum absolute atomic E-state index is 13.0. The van der Waals surface area contributed by atoms with Crippen LogP contribution in [0.1, 0.15) is 48.9 Å². The van der Waals surface area contributed by atoms with Crippen LogP contribution in [0.4, 0.5) is 5.95 Å². The molecule has 2 heterocycles. The zero-order valence-electron chi connectivity index (χ0n) is 18.3. The molecule has 0 bridgehead atoms. The lowest BCUT2D eigenvalue weighted by atomic mass is 9.85. The first-order valence-electron chi connectivity index (χ1n) is 11.0. The summed E-state index contributed by atoms with van der Waals surface area (Å²) in [6.07, 6.45) is 2.26. The molecule has 6 nitrogen and oxygen atoms in total. The number of Topliss-reactive ketones (excluding diaryl/α,β-unsaturated/α-hetero) is 1. The number of benzene rings is 2. The van der Waals surface area contributed by atoms with Crippen molar-refractivity contribution < 1.29 is 9.53 Å². The van der Waals surface area contributed by atoms with Crippen molar-refractivity contribution in [1.29, 1.82) is 0 Å². The van der Waals surface area contributed by atoms with Crippen molar-refractivity contribution in [3.05, 3.63) is 76.5 Å². The highest BCUT2D eigenvalue weighted by atomic mass is 32.2. The molecule has 1 aromatic heterocycles. The number of hydrogen-bond donors (Lipinski definition) is 1. The quantitative estimate of drug-likeness (QED) is 0.518. The summed E-state index contributed by atoms with van der Waals surface area (Å²) in [5.41, 5.74) is 5.22. The molecule has 0 fully saturated rings. The third-order valence-corrected chi connectivity index (χ3v) is 6.87. The van der Waals surface area contributed by atoms with Crippen LogP contribution in [0.3, 0.4) is 0 Å². The lowest BCUT2D eigenvalue weighted by molar-refractivity contribution is -0.116. The Bertz CT molecular complexity index is 1200. The minimum absolute atomic E-state index is 0.172. The summed E-state index contributed by atoms with van der Waals surface area (Å²) in [4.78, 5) is 17.8. The van der Waals surface area contributed by atoms with E-state index in [-0.39, 0.29) is 11.8 Å². The number of hydrogen-bond acceptors (Lipinski definition) is 6. The molecule has 0 saturated carbocycles. The monoisotopic (exact) mass is 446 g/mol. The number of anilines is 1. The molecule has 3 aromatic rings. The van der Waals surface area contributed by atoms with Crippen LogP contribution in [0.5, 0.6) is 5.75 Å². The van der Waals surface area contributed by atoms with Crippen molar-refractivity contribution in [2.24, 2.45) is 0 Å². The Morgan fingerprint density at radius 2 is 1.97 bits per heavy atom. The van der Waals surface area contributed by atoms with Gasteiger partial charge in [0.2, 0.25) is 11.1 Å². The summed E-state index contributed by atoms with van der Waals surface area (Å²) in [6.45, 7) is 4.65. The summed E-state index contributed by atoms with van der Waals surface area (Å²) < 4.78 is 7.79. The van der Waals surface area contributed by atoms with E-state index in [4.69, 9.17) is 14.8 Å². The van der Waals surface area contributed by atoms with E-state index < -0.39 is 0 Å². The highest BCUT2D eigenvalue weighted by Gasteiger charge is 2.38. The van der Waals surface area contributed by atoms with Gasteiger partial charge in [0.25, 0.3) is 0 Å². The van der Waals surface area contributed by atoms with Gasteiger partial charge in [0, 0.05) is 29.0 Å². The number of rotatable bonds is 6. The number of para-hydroxylation sites is 1. The van der Waals surface area contributed by atoms with E-state index in [1.54, 1.807) is 11.8 Å². The second-order valence-electron chi connectivity index (χ2n) is 8.05. The Morgan fingerprint density at radius 1 is 1.16 bits per heavy atom. The second-order valence-corrected chi connectivity index (χ2v) is 8.99. The molecule has 0 unspecified atom stereocenters. The van der Waals surface area contributed by atoms with E-state index >= 15 is 0 Å². The summed E-state index contributed by atoms with van der Waals surface area (Å²) in [5.74, 6) is 2.43. The number of fused-ring (bicyclic) bond motifs is 1. The zero-order valence-corrected chi connectivity index (χ0v) is 19.1. The van der Waals surface area contributed by atoms with E-state index in [0.717, 1.165) is 41.2 Å². The van der Waals surface area contributed by atoms with Crippen molar-refractivity contribution in [2.75, 3.05) is 11.9 Å². The average molecular weight is 447 g/mol. The van der Waals surface area contributed by atoms with Crippen LogP contribution in [0.15, 0.2) is 65.0 Å². The number of allylic oxidation sites excluding steroid dienone is 2. The number of aryl methyl sites for hydroxylation is 1. The van der Waals surface area contributed by atoms with Gasteiger partial charge in [-0.05, 0) is 43.9 Å². The predicted molar refractivity (Wildman–Crippen MR) is 126 cm³/mol. The fourth-order valence-electron chi connectivity index (χ4n) is 4.39. The van der Waals surface area contributed by atoms with Crippen molar-refractivity contribution in [3.63, 3.8) is 0 Å². The SMILES string of the molecule is CCOc1ccccc1[C@@H]1C2=C(CCCC2=O)Nc2nc(SCc3ccccc3C)nn21. The van der Waals surface area contributed by atoms with Crippen LogP contribution in [-0.4, -0.2) is 27.2 Å². The van der Waals surface area contributed by atoms with E-state index in [1.807, 2.05) is 35.9 Å². The van der Waals surface area contributed by atoms with Crippen LogP contribution >= 0.6 is 11.8 Å². The van der Waals surface area contributed by atoms with Crippen molar-refractivity contribution in [2.45, 2.75) is 50.1 Å². The van der Waals surface area contributed by atoms with Gasteiger partial charge in [-0.3, -0.25) is 4.79 Å². The summed E-state index contributed by atoms with van der Waals surface area (Å²) >= 11 is 1.61. The van der Waals surface area contributed by atoms with E-state index in [1.165, 1.54) is 11.1 Å². The number of carbonyl (C=O) groups excluding carboxylic acids is 1. The number of ketones is 1. The zero-order chi connectivity index (χ0) is 22.1. The van der Waals surface area contributed by atoms with E-state index in [0.29, 0.717) is 24.1 Å². The molecular formula is C25H26N4O2S. The highest BCUT2D eigenvalue weighted by molar-refractivity contribution is 7.98. The van der Waals surface area contributed by atoms with E-state index in [2.05, 4.69) is 36.5 Å². The van der Waals surface area contributed by atoms with Gasteiger partial charge in [0.15, 0.2) is 5.78 Å². The second kappa shape index (κ2) is 8.82. The Labute approximate surface area is 192 Å². The molecular weight excluding hydrogens is 420 g/mol. The van der Waals surface area contributed by atoms with Crippen molar-refractivity contribution in [1.82, 2.24) is 14.8 Å². The highest BCUT2D eigenvalue weighted by Crippen LogP contribution is 2.43. The first kappa shape index (κ1) is 20.8. The molecule has 5 rings (SSSR count). The van der Waals surface area contributed by atoms with Crippen molar-refractivity contribution in [3.8, 4) is 5.75 Å². The number of nitrogens with one attached hydrogen (secondary N) is 1. The standard InChI is InChI=1S/C25H26N4O2S/c1-3-31-21-14-7-6-11-18(21)23-22-19(12-8-13-20(22)30)26-24-27-25(28-29(23)24)32-15-17-10-5-4-9-16(17)2/h4-7,9-11,14,23H,3,8,12-13,15H2,1-2H3,(H,26,27,28)/t23-/m1/s1. The fourth-order valence-corrected chi connectivity index (χ4v) is 5.30. The molecule has 2 aliphatic rings. The molecule has 1 aliphatic carbocycles. The average Bonchev–Trinajstić information content (AvgIpc) is 3.21. The summed E-state index contributed by atoms with van der Waals surface area (Å²) in [6, 6.07) is 15.9. The van der Waals surface area contributed by atoms with Crippen LogP contribution in [0.2, 0.25) is 0 Å². The molecule has 2 aromatic carbocycles. The molecule has 0 amide bonds. The van der Waals surface area contributed by atoms with Crippen molar-refractivity contribution >= 4 is 23.5 Å². The largest absolute Gasteiger partial charge is 0.494 e. The normalized spacial score (nSPS) is 17.6. The van der Waals surface area contributed by atoms with Gasteiger partial charge < -0.3 is 10.1 Å². The first-order chi connectivity index (χ1) is 15.7. The van der Waals surface area contributed by atoms with E-state index in [9.17, 15) is 4.79 Å². The van der Waals surface area contributed by atoms with Gasteiger partial charge in [-0.2, -0.15) is 4.98 Å². The number of carbonyl (C=O) groups is 1. The third-order valence-electron chi connectivity index (χ3n) is 5.98. The molecule has 1 N–H and O–H groups in total. The van der Waals surface area contributed by atoms with Gasteiger partial charge in [-0.15, -0.1) is 5.10 Å². The minimum atomic E-state index is -0.336. The number of aromatic nitrogens is 3. The third kappa shape index (κ3) is 3.81. The Balaban J connectivity index is 1.54. The Morgan fingerprint density at radius 3 is 2.81 bits per heavy atom. The summed E-state index contributed by atoms with van der Waals surface area (Å²) in [5, 5.41) is 8.94. The molecule has 32 heavy (non-hydrogen) atoms. The predicted octanol–water partition coefficient (Wildman–Crippen LogP) is 5.30. The van der Waals surface area contributed by atoms with Crippen LogP contribution < -0.4 is 10.1 Å². The molecule has 164 valence electrons. The Kier molecular flexibility index (Phi) is 5.74. The van der Waals surface area contributed by atoms with Gasteiger partial charge in [0.05, 0.1) is 6.61 Å². The molecule has 0 radical (unpaired) electrons. The molecule has 7 heteroatoms. The summed E-state index contributed by atoms with van der Waals surface area (Å²) in [7, 11) is 0. The number of nitrogens with zero attached hydrogens (tertiary/aromatic N) is 3. The maximum atomic E-state index is 13.0. The van der Waals surface area contributed by atoms with Gasteiger partial charge in [-0.25, -0.2) is 4.68 Å².